The van der Waals surface area contributed by atoms with Crippen LogP contribution in [0, 0.1) is 0 Å². The van der Waals surface area contributed by atoms with Crippen LogP contribution in [0.25, 0.3) is 0 Å². The summed E-state index contributed by atoms with van der Waals surface area (Å²) in [5.41, 5.74) is 5.80. The quantitative estimate of drug-likeness (QED) is 0.667. The summed E-state index contributed by atoms with van der Waals surface area (Å²) in [6.07, 6.45) is 1.08. The number of hydrogen-bond donors (Lipinski definition) is 1. The van der Waals surface area contributed by atoms with Gasteiger partial charge in [-0.15, -0.1) is 0 Å². The predicted molar refractivity (Wildman–Crippen MR) is 76.7 cm³/mol. The number of rotatable bonds is 7. The van der Waals surface area contributed by atoms with Crippen molar-refractivity contribution >= 4 is 15.9 Å². The van der Waals surface area contributed by atoms with Crippen molar-refractivity contribution in [1.29, 1.82) is 0 Å². The normalized spacial score (nSPS) is 19.1. The average molecular weight is 307 g/mol. The van der Waals surface area contributed by atoms with Crippen LogP contribution in [0.1, 0.15) is 19.8 Å². The van der Waals surface area contributed by atoms with E-state index in [2.05, 4.69) is 0 Å². The van der Waals surface area contributed by atoms with E-state index in [0.29, 0.717) is 45.6 Å². The van der Waals surface area contributed by atoms with Crippen LogP contribution in [0.2, 0.25) is 0 Å². The molecule has 1 fully saturated rings. The Morgan fingerprint density at radius 3 is 2.40 bits per heavy atom. The standard InChI is InChI=1S/C12H25N3O4S/c1-3-10-20(17,18)15-7-5-14(6-8-15)12(16)11(13)4-9-19-2/h11H,3-10,13H2,1-2H3. The van der Waals surface area contributed by atoms with Crippen molar-refractivity contribution in [1.82, 2.24) is 9.21 Å². The number of methoxy groups -OCH3 is 1. The Hall–Kier alpha value is -0.700. The van der Waals surface area contributed by atoms with E-state index in [9.17, 15) is 13.2 Å². The minimum atomic E-state index is -3.17. The number of hydrogen-bond acceptors (Lipinski definition) is 5. The van der Waals surface area contributed by atoms with E-state index in [4.69, 9.17) is 10.5 Å². The summed E-state index contributed by atoms with van der Waals surface area (Å²) < 4.78 is 30.2. The highest BCUT2D eigenvalue weighted by Gasteiger charge is 2.29. The zero-order valence-electron chi connectivity index (χ0n) is 12.2. The third-order valence-electron chi connectivity index (χ3n) is 3.36. The van der Waals surface area contributed by atoms with Gasteiger partial charge in [0.05, 0.1) is 11.8 Å². The smallest absolute Gasteiger partial charge is 0.239 e. The lowest BCUT2D eigenvalue weighted by atomic mass is 10.2. The monoisotopic (exact) mass is 307 g/mol. The fraction of sp³-hybridized carbons (Fsp3) is 0.917. The van der Waals surface area contributed by atoms with E-state index in [-0.39, 0.29) is 11.7 Å². The topological polar surface area (TPSA) is 92.9 Å². The molecular weight excluding hydrogens is 282 g/mol. The first kappa shape index (κ1) is 17.4. The Morgan fingerprint density at radius 1 is 1.30 bits per heavy atom. The van der Waals surface area contributed by atoms with Gasteiger partial charge in [0.25, 0.3) is 0 Å². The number of amides is 1. The molecule has 0 spiro atoms. The summed E-state index contributed by atoms with van der Waals surface area (Å²) in [4.78, 5) is 13.7. The molecule has 0 aromatic heterocycles. The first-order valence-corrected chi connectivity index (χ1v) is 8.54. The van der Waals surface area contributed by atoms with Gasteiger partial charge in [-0.05, 0) is 12.8 Å². The fourth-order valence-corrected chi connectivity index (χ4v) is 3.67. The largest absolute Gasteiger partial charge is 0.385 e. The number of nitrogens with two attached hydrogens (primary N) is 1. The van der Waals surface area contributed by atoms with Gasteiger partial charge in [0.15, 0.2) is 0 Å². The van der Waals surface area contributed by atoms with Gasteiger partial charge >= 0.3 is 0 Å². The zero-order valence-corrected chi connectivity index (χ0v) is 13.1. The first-order chi connectivity index (χ1) is 9.42. The lowest BCUT2D eigenvalue weighted by molar-refractivity contribution is -0.134. The Kier molecular flexibility index (Phi) is 6.87. The van der Waals surface area contributed by atoms with Crippen LogP contribution < -0.4 is 5.73 Å². The minimum Gasteiger partial charge on any atom is -0.385 e. The molecule has 1 saturated heterocycles. The molecular formula is C12H25N3O4S. The molecule has 1 rings (SSSR count). The molecule has 0 radical (unpaired) electrons. The molecule has 1 atom stereocenters. The van der Waals surface area contributed by atoms with Crippen LogP contribution in [0.5, 0.6) is 0 Å². The number of piperazine rings is 1. The molecule has 0 saturated carbocycles. The molecule has 20 heavy (non-hydrogen) atoms. The second-order valence-corrected chi connectivity index (χ2v) is 7.02. The van der Waals surface area contributed by atoms with Gasteiger partial charge in [0, 0.05) is 39.9 Å². The molecule has 118 valence electrons. The molecule has 1 amide bonds. The van der Waals surface area contributed by atoms with Gasteiger partial charge < -0.3 is 15.4 Å². The van der Waals surface area contributed by atoms with Gasteiger partial charge in [0.2, 0.25) is 15.9 Å². The predicted octanol–water partition coefficient (Wildman–Crippen LogP) is -0.766. The molecule has 1 aliphatic heterocycles. The van der Waals surface area contributed by atoms with Gasteiger partial charge in [-0.1, -0.05) is 6.92 Å². The minimum absolute atomic E-state index is 0.130. The molecule has 0 aromatic carbocycles. The van der Waals surface area contributed by atoms with E-state index in [1.165, 1.54) is 4.31 Å². The molecule has 1 heterocycles. The second-order valence-electron chi connectivity index (χ2n) is 4.93. The number of carbonyl (C=O) groups is 1. The number of carbonyl (C=O) groups excluding carboxylic acids is 1. The lowest BCUT2D eigenvalue weighted by Crippen LogP contribution is -2.54. The second kappa shape index (κ2) is 7.92. The van der Waals surface area contributed by atoms with Crippen LogP contribution in [-0.4, -0.2) is 75.2 Å². The number of sulfonamides is 1. The van der Waals surface area contributed by atoms with Crippen molar-refractivity contribution in [2.45, 2.75) is 25.8 Å². The SMILES string of the molecule is CCCS(=O)(=O)N1CCN(C(=O)C(N)CCOC)CC1. The number of ether oxygens (including phenoxy) is 1. The summed E-state index contributed by atoms with van der Waals surface area (Å²) in [5.74, 6) is 0.0310. The third-order valence-corrected chi connectivity index (χ3v) is 5.43. The average Bonchev–Trinajstić information content (AvgIpc) is 2.44. The van der Waals surface area contributed by atoms with E-state index < -0.39 is 16.1 Å². The van der Waals surface area contributed by atoms with Crippen LogP contribution in [-0.2, 0) is 19.6 Å². The third kappa shape index (κ3) is 4.69. The van der Waals surface area contributed by atoms with Gasteiger partial charge in [-0.3, -0.25) is 4.79 Å². The molecule has 0 bridgehead atoms. The maximum absolute atomic E-state index is 12.1. The van der Waals surface area contributed by atoms with E-state index in [1.54, 1.807) is 12.0 Å². The Labute approximate surface area is 121 Å². The van der Waals surface area contributed by atoms with Crippen LogP contribution in [0.4, 0.5) is 0 Å². The summed E-state index contributed by atoms with van der Waals surface area (Å²) >= 11 is 0. The highest BCUT2D eigenvalue weighted by atomic mass is 32.2. The highest BCUT2D eigenvalue weighted by molar-refractivity contribution is 7.89. The van der Waals surface area contributed by atoms with Gasteiger partial charge in [-0.2, -0.15) is 4.31 Å². The zero-order chi connectivity index (χ0) is 15.2. The first-order valence-electron chi connectivity index (χ1n) is 6.93. The van der Waals surface area contributed by atoms with Crippen LogP contribution in [0.3, 0.4) is 0 Å². The molecule has 1 aliphatic rings. The van der Waals surface area contributed by atoms with E-state index >= 15 is 0 Å². The van der Waals surface area contributed by atoms with Gasteiger partial charge in [0.1, 0.15) is 0 Å². The van der Waals surface area contributed by atoms with Crippen LogP contribution in [0.15, 0.2) is 0 Å². The highest BCUT2D eigenvalue weighted by Crippen LogP contribution is 2.10. The lowest BCUT2D eigenvalue weighted by Gasteiger charge is -2.35. The van der Waals surface area contributed by atoms with Crippen molar-refractivity contribution in [2.75, 3.05) is 45.6 Å². The van der Waals surface area contributed by atoms with E-state index in [1.807, 2.05) is 6.92 Å². The maximum Gasteiger partial charge on any atom is 0.239 e. The van der Waals surface area contributed by atoms with Crippen molar-refractivity contribution in [3.8, 4) is 0 Å². The molecule has 1 unspecified atom stereocenters. The molecule has 8 heteroatoms. The molecule has 0 aromatic rings. The number of nitrogens with zero attached hydrogens (tertiary/aromatic N) is 2. The van der Waals surface area contributed by atoms with Crippen molar-refractivity contribution in [2.24, 2.45) is 5.73 Å². The molecule has 7 nitrogen and oxygen atoms in total. The fourth-order valence-electron chi connectivity index (χ4n) is 2.18. The molecule has 2 N–H and O–H groups in total. The summed E-state index contributed by atoms with van der Waals surface area (Å²) in [6, 6.07) is -0.575. The maximum atomic E-state index is 12.1. The molecule has 0 aliphatic carbocycles. The van der Waals surface area contributed by atoms with Crippen molar-refractivity contribution < 1.29 is 17.9 Å². The summed E-state index contributed by atoms with van der Waals surface area (Å²) in [7, 11) is -1.61. The summed E-state index contributed by atoms with van der Waals surface area (Å²) in [6.45, 7) is 3.80. The van der Waals surface area contributed by atoms with E-state index in [0.717, 1.165) is 0 Å². The van der Waals surface area contributed by atoms with Crippen LogP contribution >= 0.6 is 0 Å². The van der Waals surface area contributed by atoms with Gasteiger partial charge in [-0.25, -0.2) is 8.42 Å². The summed E-state index contributed by atoms with van der Waals surface area (Å²) in [5, 5.41) is 0. The van der Waals surface area contributed by atoms with Crippen molar-refractivity contribution in [3.63, 3.8) is 0 Å². The Bertz CT molecular complexity index is 405. The van der Waals surface area contributed by atoms with Crippen molar-refractivity contribution in [3.05, 3.63) is 0 Å². The Balaban J connectivity index is 2.48. The Morgan fingerprint density at radius 2 is 1.90 bits per heavy atom.